The van der Waals surface area contributed by atoms with Gasteiger partial charge in [0, 0.05) is 24.4 Å². The number of hydrogen-bond acceptors (Lipinski definition) is 4. The third-order valence-corrected chi connectivity index (χ3v) is 3.61. The van der Waals surface area contributed by atoms with E-state index in [0.717, 1.165) is 12.1 Å². The number of hydrogen-bond donors (Lipinski definition) is 2. The quantitative estimate of drug-likeness (QED) is 0.476. The number of likely N-dealkylation sites (N-methyl/N-ethyl adjacent to an activating group) is 1. The van der Waals surface area contributed by atoms with E-state index in [1.165, 1.54) is 12.1 Å². The van der Waals surface area contributed by atoms with Crippen LogP contribution >= 0.6 is 12.2 Å². The molecule has 0 amide bonds. The lowest BCUT2D eigenvalue weighted by Crippen LogP contribution is -2.37. The van der Waals surface area contributed by atoms with Crippen LogP contribution in [0.25, 0.3) is 0 Å². The Hall–Kier alpha value is -2.51. The standard InChI is InChI=1S/C17H20N4O2S/c1-20(2)12-16(13-6-4-3-5-7-13)19-17(24)18-14-8-10-15(11-9-14)21(22)23/h3-11,16H,12H2,1-2H3,(H2,18,19,24)/t16-/m0/s1. The number of thiocarbonyl (C=S) groups is 1. The third kappa shape index (κ3) is 5.29. The molecule has 0 spiro atoms. The lowest BCUT2D eigenvalue weighted by molar-refractivity contribution is -0.384. The van der Waals surface area contributed by atoms with Crippen LogP contribution in [0.5, 0.6) is 0 Å². The van der Waals surface area contributed by atoms with Crippen molar-refractivity contribution in [3.63, 3.8) is 0 Å². The van der Waals surface area contributed by atoms with Crippen LogP contribution in [0.1, 0.15) is 11.6 Å². The highest BCUT2D eigenvalue weighted by Crippen LogP contribution is 2.17. The van der Waals surface area contributed by atoms with Crippen molar-refractivity contribution in [3.8, 4) is 0 Å². The molecule has 2 aromatic carbocycles. The largest absolute Gasteiger partial charge is 0.354 e. The molecule has 0 aromatic heterocycles. The fourth-order valence-corrected chi connectivity index (χ4v) is 2.54. The predicted octanol–water partition coefficient (Wildman–Crippen LogP) is 3.18. The van der Waals surface area contributed by atoms with Crippen LogP contribution in [0.3, 0.4) is 0 Å². The minimum atomic E-state index is -0.428. The van der Waals surface area contributed by atoms with E-state index in [2.05, 4.69) is 27.7 Å². The van der Waals surface area contributed by atoms with E-state index in [1.54, 1.807) is 12.1 Å². The van der Waals surface area contributed by atoms with Gasteiger partial charge >= 0.3 is 0 Å². The van der Waals surface area contributed by atoms with Crippen molar-refractivity contribution >= 4 is 28.7 Å². The van der Waals surface area contributed by atoms with E-state index in [0.29, 0.717) is 10.8 Å². The highest BCUT2D eigenvalue weighted by atomic mass is 32.1. The van der Waals surface area contributed by atoms with Gasteiger partial charge in [0.05, 0.1) is 11.0 Å². The number of rotatable bonds is 6. The van der Waals surface area contributed by atoms with Crippen molar-refractivity contribution in [2.24, 2.45) is 0 Å². The van der Waals surface area contributed by atoms with Crippen LogP contribution in [-0.4, -0.2) is 35.6 Å². The molecule has 126 valence electrons. The fourth-order valence-electron chi connectivity index (χ4n) is 2.28. The molecule has 0 aliphatic heterocycles. The van der Waals surface area contributed by atoms with Crippen molar-refractivity contribution in [1.82, 2.24) is 10.2 Å². The number of anilines is 1. The van der Waals surface area contributed by atoms with E-state index in [1.807, 2.05) is 32.3 Å². The molecule has 0 saturated heterocycles. The summed E-state index contributed by atoms with van der Waals surface area (Å²) in [7, 11) is 4.01. The summed E-state index contributed by atoms with van der Waals surface area (Å²) in [6.45, 7) is 0.784. The Bertz CT molecular complexity index is 689. The Morgan fingerprint density at radius 3 is 2.33 bits per heavy atom. The maximum absolute atomic E-state index is 10.7. The summed E-state index contributed by atoms with van der Waals surface area (Å²) in [6, 6.07) is 16.3. The van der Waals surface area contributed by atoms with Crippen molar-refractivity contribution in [2.75, 3.05) is 26.0 Å². The molecule has 0 radical (unpaired) electrons. The summed E-state index contributed by atoms with van der Waals surface area (Å²) in [6.07, 6.45) is 0. The van der Waals surface area contributed by atoms with Gasteiger partial charge in [0.1, 0.15) is 0 Å². The zero-order chi connectivity index (χ0) is 17.5. The molecule has 0 bridgehead atoms. The molecule has 2 rings (SSSR count). The van der Waals surface area contributed by atoms with Crippen LogP contribution in [0.4, 0.5) is 11.4 Å². The highest BCUT2D eigenvalue weighted by Gasteiger charge is 2.14. The van der Waals surface area contributed by atoms with Crippen LogP contribution in [0.2, 0.25) is 0 Å². The molecule has 0 fully saturated rings. The lowest BCUT2D eigenvalue weighted by Gasteiger charge is -2.24. The van der Waals surface area contributed by atoms with E-state index in [-0.39, 0.29) is 11.7 Å². The number of benzene rings is 2. The molecular formula is C17H20N4O2S. The number of nitrogens with one attached hydrogen (secondary N) is 2. The summed E-state index contributed by atoms with van der Waals surface area (Å²) >= 11 is 5.37. The summed E-state index contributed by atoms with van der Waals surface area (Å²) in [5, 5.41) is 17.5. The Kier molecular flexibility index (Phi) is 6.22. The van der Waals surface area contributed by atoms with Crippen LogP contribution < -0.4 is 10.6 Å². The van der Waals surface area contributed by atoms with Gasteiger partial charge in [0.2, 0.25) is 0 Å². The van der Waals surface area contributed by atoms with E-state index in [9.17, 15) is 10.1 Å². The summed E-state index contributed by atoms with van der Waals surface area (Å²) in [5.41, 5.74) is 1.89. The topological polar surface area (TPSA) is 70.4 Å². The SMILES string of the molecule is CN(C)C[C@H](NC(=S)Nc1ccc([N+](=O)[O-])cc1)c1ccccc1. The molecule has 2 N–H and O–H groups in total. The van der Waals surface area contributed by atoms with E-state index in [4.69, 9.17) is 12.2 Å². The van der Waals surface area contributed by atoms with Gasteiger partial charge in [-0.05, 0) is 44.0 Å². The maximum Gasteiger partial charge on any atom is 0.269 e. The second-order valence-electron chi connectivity index (χ2n) is 5.63. The molecule has 0 aliphatic carbocycles. The smallest absolute Gasteiger partial charge is 0.269 e. The minimum Gasteiger partial charge on any atom is -0.354 e. The van der Waals surface area contributed by atoms with Crippen LogP contribution in [0, 0.1) is 10.1 Å². The van der Waals surface area contributed by atoms with Gasteiger partial charge in [0.25, 0.3) is 5.69 Å². The molecule has 2 aromatic rings. The van der Waals surface area contributed by atoms with Gasteiger partial charge in [0.15, 0.2) is 5.11 Å². The maximum atomic E-state index is 10.7. The summed E-state index contributed by atoms with van der Waals surface area (Å²) in [5.74, 6) is 0. The van der Waals surface area contributed by atoms with E-state index >= 15 is 0 Å². The zero-order valence-corrected chi connectivity index (χ0v) is 14.4. The first kappa shape index (κ1) is 17.8. The Morgan fingerprint density at radius 1 is 1.17 bits per heavy atom. The van der Waals surface area contributed by atoms with Crippen molar-refractivity contribution < 1.29 is 4.92 Å². The summed E-state index contributed by atoms with van der Waals surface area (Å²) < 4.78 is 0. The summed E-state index contributed by atoms with van der Waals surface area (Å²) in [4.78, 5) is 12.3. The zero-order valence-electron chi connectivity index (χ0n) is 13.6. The monoisotopic (exact) mass is 344 g/mol. The molecule has 1 atom stereocenters. The normalized spacial score (nSPS) is 11.8. The second kappa shape index (κ2) is 8.37. The molecule has 7 heteroatoms. The average Bonchev–Trinajstić information content (AvgIpc) is 2.55. The van der Waals surface area contributed by atoms with E-state index < -0.39 is 4.92 Å². The van der Waals surface area contributed by atoms with Crippen molar-refractivity contribution in [3.05, 3.63) is 70.3 Å². The molecule has 24 heavy (non-hydrogen) atoms. The molecule has 0 heterocycles. The van der Waals surface area contributed by atoms with Gasteiger partial charge < -0.3 is 15.5 Å². The Morgan fingerprint density at radius 2 is 1.79 bits per heavy atom. The highest BCUT2D eigenvalue weighted by molar-refractivity contribution is 7.80. The number of nitro benzene ring substituents is 1. The first-order valence-electron chi connectivity index (χ1n) is 7.47. The second-order valence-corrected chi connectivity index (χ2v) is 6.04. The molecule has 6 nitrogen and oxygen atoms in total. The van der Waals surface area contributed by atoms with Gasteiger partial charge in [-0.3, -0.25) is 10.1 Å². The molecular weight excluding hydrogens is 324 g/mol. The van der Waals surface area contributed by atoms with Crippen LogP contribution in [-0.2, 0) is 0 Å². The Labute approximate surface area is 146 Å². The number of nitro groups is 1. The third-order valence-electron chi connectivity index (χ3n) is 3.39. The molecule has 0 unspecified atom stereocenters. The van der Waals surface area contributed by atoms with Crippen molar-refractivity contribution in [1.29, 1.82) is 0 Å². The Balaban J connectivity index is 2.03. The van der Waals surface area contributed by atoms with Gasteiger partial charge in [-0.2, -0.15) is 0 Å². The first-order chi connectivity index (χ1) is 11.5. The lowest BCUT2D eigenvalue weighted by atomic mass is 10.1. The van der Waals surface area contributed by atoms with Crippen LogP contribution in [0.15, 0.2) is 54.6 Å². The van der Waals surface area contributed by atoms with Crippen molar-refractivity contribution in [2.45, 2.75) is 6.04 Å². The average molecular weight is 344 g/mol. The van der Waals surface area contributed by atoms with Gasteiger partial charge in [-0.15, -0.1) is 0 Å². The number of non-ortho nitro benzene ring substituents is 1. The predicted molar refractivity (Wildman–Crippen MR) is 100 cm³/mol. The molecule has 0 aliphatic rings. The fraction of sp³-hybridized carbons (Fsp3) is 0.235. The minimum absolute atomic E-state index is 0.0410. The number of nitrogens with zero attached hydrogens (tertiary/aromatic N) is 2. The first-order valence-corrected chi connectivity index (χ1v) is 7.88. The van der Waals surface area contributed by atoms with Gasteiger partial charge in [-0.25, -0.2) is 0 Å². The van der Waals surface area contributed by atoms with Gasteiger partial charge in [-0.1, -0.05) is 30.3 Å². The molecule has 0 saturated carbocycles.